The van der Waals surface area contributed by atoms with Crippen molar-refractivity contribution in [1.29, 1.82) is 0 Å². The van der Waals surface area contributed by atoms with E-state index < -0.39 is 0 Å². The fourth-order valence-corrected chi connectivity index (χ4v) is 2.61. The number of aryl methyl sites for hydroxylation is 2. The predicted molar refractivity (Wildman–Crippen MR) is 101 cm³/mol. The number of allylic oxidation sites excluding steroid dienone is 1. The summed E-state index contributed by atoms with van der Waals surface area (Å²) in [6.45, 7) is 6.31. The van der Waals surface area contributed by atoms with Crippen LogP contribution in [0.3, 0.4) is 0 Å². The van der Waals surface area contributed by atoms with Crippen molar-refractivity contribution >= 4 is 6.08 Å². The maximum Gasteiger partial charge on any atom is 0.226 e. The first-order valence-electron chi connectivity index (χ1n) is 8.46. The van der Waals surface area contributed by atoms with Crippen molar-refractivity contribution in [3.05, 3.63) is 84.6 Å². The SMILES string of the molecule is [CH2]/C=C/c1ccc(OCCCc2nc(-c3ccccc3)oc2C)cc1. The number of ether oxygens (including phenoxy) is 1. The molecule has 0 unspecified atom stereocenters. The van der Waals surface area contributed by atoms with E-state index in [0.717, 1.165) is 41.2 Å². The summed E-state index contributed by atoms with van der Waals surface area (Å²) in [4.78, 5) is 4.62. The number of benzene rings is 2. The van der Waals surface area contributed by atoms with Crippen LogP contribution in [-0.4, -0.2) is 11.6 Å². The molecule has 1 heterocycles. The fraction of sp³-hybridized carbons (Fsp3) is 0.182. The lowest BCUT2D eigenvalue weighted by atomic mass is 10.2. The number of hydrogen-bond donors (Lipinski definition) is 0. The highest BCUT2D eigenvalue weighted by Gasteiger charge is 2.10. The minimum atomic E-state index is 0.650. The molecule has 0 fully saturated rings. The summed E-state index contributed by atoms with van der Waals surface area (Å²) in [6, 6.07) is 18.0. The first kappa shape index (κ1) is 17.0. The van der Waals surface area contributed by atoms with Gasteiger partial charge in [-0.1, -0.05) is 42.5 Å². The van der Waals surface area contributed by atoms with Gasteiger partial charge in [0.15, 0.2) is 0 Å². The van der Waals surface area contributed by atoms with Crippen LogP contribution < -0.4 is 4.74 Å². The van der Waals surface area contributed by atoms with Crippen molar-refractivity contribution in [3.63, 3.8) is 0 Å². The smallest absolute Gasteiger partial charge is 0.226 e. The van der Waals surface area contributed by atoms with Crippen molar-refractivity contribution in [1.82, 2.24) is 4.98 Å². The Bertz CT molecular complexity index is 817. The Morgan fingerprint density at radius 3 is 2.56 bits per heavy atom. The molecule has 0 atom stereocenters. The van der Waals surface area contributed by atoms with Crippen LogP contribution in [0.5, 0.6) is 5.75 Å². The molecule has 1 aromatic heterocycles. The second kappa shape index (κ2) is 8.34. The summed E-state index contributed by atoms with van der Waals surface area (Å²) in [5, 5.41) is 0. The molecule has 0 aliphatic carbocycles. The summed E-state index contributed by atoms with van der Waals surface area (Å²) < 4.78 is 11.6. The third kappa shape index (κ3) is 4.60. The Hall–Kier alpha value is -2.81. The summed E-state index contributed by atoms with van der Waals surface area (Å²) in [5.74, 6) is 2.44. The molecule has 0 N–H and O–H groups in total. The first-order chi connectivity index (χ1) is 12.3. The highest BCUT2D eigenvalue weighted by atomic mass is 16.5. The van der Waals surface area contributed by atoms with Gasteiger partial charge < -0.3 is 9.15 Å². The molecule has 3 aromatic rings. The third-order valence-electron chi connectivity index (χ3n) is 3.93. The van der Waals surface area contributed by atoms with Gasteiger partial charge in [0.1, 0.15) is 11.5 Å². The van der Waals surface area contributed by atoms with E-state index in [1.165, 1.54) is 0 Å². The molecular weight excluding hydrogens is 310 g/mol. The second-order valence-electron chi connectivity index (χ2n) is 5.81. The highest BCUT2D eigenvalue weighted by Crippen LogP contribution is 2.22. The van der Waals surface area contributed by atoms with Crippen molar-refractivity contribution in [2.75, 3.05) is 6.61 Å². The zero-order chi connectivity index (χ0) is 17.5. The highest BCUT2D eigenvalue weighted by molar-refractivity contribution is 5.53. The van der Waals surface area contributed by atoms with Crippen LogP contribution in [0, 0.1) is 13.8 Å². The number of oxazole rings is 1. The predicted octanol–water partition coefficient (Wildman–Crippen LogP) is 5.51. The molecule has 0 saturated heterocycles. The van der Waals surface area contributed by atoms with Gasteiger partial charge in [0, 0.05) is 5.56 Å². The lowest BCUT2D eigenvalue weighted by molar-refractivity contribution is 0.310. The molecular formula is C22H22NO2. The van der Waals surface area contributed by atoms with E-state index in [1.807, 2.05) is 67.6 Å². The lowest BCUT2D eigenvalue weighted by Crippen LogP contribution is -2.00. The second-order valence-corrected chi connectivity index (χ2v) is 5.81. The van der Waals surface area contributed by atoms with Gasteiger partial charge >= 0.3 is 0 Å². The standard InChI is InChI=1S/C22H22NO2/c1-3-8-18-12-14-20(15-13-18)24-16-7-11-21-17(2)25-22(23-21)19-9-5-4-6-10-19/h3-6,8-10,12-15H,1,7,11,16H2,2H3/b8-3+. The summed E-state index contributed by atoms with van der Waals surface area (Å²) in [6.07, 6.45) is 5.47. The van der Waals surface area contributed by atoms with Crippen molar-refractivity contribution in [3.8, 4) is 17.2 Å². The maximum absolute atomic E-state index is 5.79. The fourth-order valence-electron chi connectivity index (χ4n) is 2.61. The van der Waals surface area contributed by atoms with E-state index in [2.05, 4.69) is 11.9 Å². The van der Waals surface area contributed by atoms with E-state index >= 15 is 0 Å². The zero-order valence-corrected chi connectivity index (χ0v) is 14.4. The number of hydrogen-bond acceptors (Lipinski definition) is 3. The monoisotopic (exact) mass is 332 g/mol. The largest absolute Gasteiger partial charge is 0.494 e. The van der Waals surface area contributed by atoms with Gasteiger partial charge in [0.05, 0.1) is 12.3 Å². The Labute approximate surface area is 149 Å². The van der Waals surface area contributed by atoms with Gasteiger partial charge in [0.25, 0.3) is 0 Å². The maximum atomic E-state index is 5.79. The van der Waals surface area contributed by atoms with Crippen LogP contribution in [0.4, 0.5) is 0 Å². The Kier molecular flexibility index (Phi) is 5.68. The molecule has 25 heavy (non-hydrogen) atoms. The van der Waals surface area contributed by atoms with Crippen LogP contribution in [-0.2, 0) is 6.42 Å². The summed E-state index contributed by atoms with van der Waals surface area (Å²) >= 11 is 0. The van der Waals surface area contributed by atoms with E-state index in [0.29, 0.717) is 12.5 Å². The molecule has 3 rings (SSSR count). The topological polar surface area (TPSA) is 35.3 Å². The molecule has 0 aliphatic heterocycles. The molecule has 1 radical (unpaired) electrons. The van der Waals surface area contributed by atoms with Crippen LogP contribution in [0.2, 0.25) is 0 Å². The molecule has 3 nitrogen and oxygen atoms in total. The minimum Gasteiger partial charge on any atom is -0.494 e. The Balaban J connectivity index is 1.51. The number of nitrogens with zero attached hydrogens (tertiary/aromatic N) is 1. The quantitative estimate of drug-likeness (QED) is 0.535. The van der Waals surface area contributed by atoms with Crippen LogP contribution in [0.15, 0.2) is 65.1 Å². The van der Waals surface area contributed by atoms with Gasteiger partial charge in [-0.15, -0.1) is 0 Å². The van der Waals surface area contributed by atoms with E-state index in [4.69, 9.17) is 9.15 Å². The van der Waals surface area contributed by atoms with Crippen molar-refractivity contribution in [2.45, 2.75) is 19.8 Å². The Morgan fingerprint density at radius 1 is 1.08 bits per heavy atom. The molecule has 2 aromatic carbocycles. The molecule has 0 amide bonds. The minimum absolute atomic E-state index is 0.650. The zero-order valence-electron chi connectivity index (χ0n) is 14.4. The van der Waals surface area contributed by atoms with Gasteiger partial charge in [-0.3, -0.25) is 0 Å². The van der Waals surface area contributed by atoms with Gasteiger partial charge in [-0.05, 0) is 56.5 Å². The molecule has 3 heteroatoms. The molecule has 0 saturated carbocycles. The van der Waals surface area contributed by atoms with Crippen LogP contribution in [0.1, 0.15) is 23.4 Å². The third-order valence-corrected chi connectivity index (χ3v) is 3.93. The lowest BCUT2D eigenvalue weighted by Gasteiger charge is -2.05. The molecule has 0 bridgehead atoms. The average molecular weight is 332 g/mol. The normalized spacial score (nSPS) is 11.1. The number of rotatable bonds is 7. The van der Waals surface area contributed by atoms with Crippen molar-refractivity contribution < 1.29 is 9.15 Å². The van der Waals surface area contributed by atoms with Crippen LogP contribution in [0.25, 0.3) is 17.5 Å². The van der Waals surface area contributed by atoms with E-state index in [9.17, 15) is 0 Å². The van der Waals surface area contributed by atoms with Gasteiger partial charge in [0.2, 0.25) is 5.89 Å². The number of aromatic nitrogens is 1. The van der Waals surface area contributed by atoms with E-state index in [-0.39, 0.29) is 0 Å². The molecule has 0 spiro atoms. The summed E-state index contributed by atoms with van der Waals surface area (Å²) in [5.41, 5.74) is 3.12. The first-order valence-corrected chi connectivity index (χ1v) is 8.46. The van der Waals surface area contributed by atoms with Crippen molar-refractivity contribution in [2.24, 2.45) is 0 Å². The Morgan fingerprint density at radius 2 is 1.84 bits per heavy atom. The van der Waals surface area contributed by atoms with E-state index in [1.54, 1.807) is 6.08 Å². The average Bonchev–Trinajstić information content (AvgIpc) is 3.02. The summed E-state index contributed by atoms with van der Waals surface area (Å²) in [7, 11) is 0. The van der Waals surface area contributed by atoms with Gasteiger partial charge in [-0.25, -0.2) is 4.98 Å². The van der Waals surface area contributed by atoms with Crippen LogP contribution >= 0.6 is 0 Å². The molecule has 0 aliphatic rings. The molecule has 127 valence electrons. The van der Waals surface area contributed by atoms with Gasteiger partial charge in [-0.2, -0.15) is 0 Å².